The fraction of sp³-hybridized carbons (Fsp3) is 0.889. The zero-order valence-electron chi connectivity index (χ0n) is 7.66. The van der Waals surface area contributed by atoms with Crippen molar-refractivity contribution in [1.82, 2.24) is 4.90 Å². The Balaban J connectivity index is 2.52. The van der Waals surface area contributed by atoms with E-state index in [0.717, 1.165) is 6.54 Å². The molecule has 2 atom stereocenters. The predicted octanol–water partition coefficient (Wildman–Crippen LogP) is 0.569. The Bertz CT molecular complexity index is 173. The zero-order valence-corrected chi connectivity index (χ0v) is 7.66. The van der Waals surface area contributed by atoms with Gasteiger partial charge in [0, 0.05) is 12.6 Å². The summed E-state index contributed by atoms with van der Waals surface area (Å²) < 4.78 is 0. The predicted molar refractivity (Wildman–Crippen MR) is 48.4 cm³/mol. The first kappa shape index (κ1) is 9.50. The normalized spacial score (nSPS) is 31.4. The number of nitrogens with zero attached hydrogens (tertiary/aromatic N) is 2. The molecule has 12 heavy (non-hydrogen) atoms. The standard InChI is InChI=1S/C9H17N3/c1-8-3-2-5-12(6-4-10)9(8)7-11/h8-9H,2-3,5-7,11H2,1H3. The maximum atomic E-state index is 8.59. The molecule has 0 aromatic rings. The van der Waals surface area contributed by atoms with Crippen molar-refractivity contribution in [1.29, 1.82) is 5.26 Å². The van der Waals surface area contributed by atoms with Crippen LogP contribution in [0.15, 0.2) is 0 Å². The second kappa shape index (κ2) is 4.44. The van der Waals surface area contributed by atoms with Crippen LogP contribution < -0.4 is 5.73 Å². The molecule has 0 bridgehead atoms. The van der Waals surface area contributed by atoms with Crippen molar-refractivity contribution < 1.29 is 0 Å². The van der Waals surface area contributed by atoms with Gasteiger partial charge in [-0.05, 0) is 25.3 Å². The molecule has 0 radical (unpaired) electrons. The maximum Gasteiger partial charge on any atom is 0.0868 e. The van der Waals surface area contributed by atoms with E-state index >= 15 is 0 Å². The molecule has 0 aromatic carbocycles. The van der Waals surface area contributed by atoms with Crippen LogP contribution in [0.25, 0.3) is 0 Å². The van der Waals surface area contributed by atoms with Crippen LogP contribution in [0.3, 0.4) is 0 Å². The molecule has 0 aliphatic carbocycles. The van der Waals surface area contributed by atoms with E-state index in [9.17, 15) is 0 Å². The fourth-order valence-corrected chi connectivity index (χ4v) is 2.00. The minimum atomic E-state index is 0.429. The van der Waals surface area contributed by atoms with Crippen LogP contribution in [0.5, 0.6) is 0 Å². The molecule has 0 spiro atoms. The van der Waals surface area contributed by atoms with E-state index < -0.39 is 0 Å². The first-order valence-electron chi connectivity index (χ1n) is 4.60. The van der Waals surface area contributed by atoms with Gasteiger partial charge >= 0.3 is 0 Å². The molecule has 3 heteroatoms. The molecule has 1 aliphatic rings. The fourth-order valence-electron chi connectivity index (χ4n) is 2.00. The maximum absolute atomic E-state index is 8.59. The number of rotatable bonds is 2. The molecule has 1 aliphatic heterocycles. The first-order chi connectivity index (χ1) is 5.79. The number of hydrogen-bond donors (Lipinski definition) is 1. The summed E-state index contributed by atoms with van der Waals surface area (Å²) in [5, 5.41) is 8.59. The third kappa shape index (κ3) is 1.96. The van der Waals surface area contributed by atoms with Crippen molar-refractivity contribution in [3.05, 3.63) is 0 Å². The lowest BCUT2D eigenvalue weighted by Gasteiger charge is -2.37. The van der Waals surface area contributed by atoms with Gasteiger partial charge in [0.15, 0.2) is 0 Å². The Labute approximate surface area is 74.1 Å². The summed E-state index contributed by atoms with van der Waals surface area (Å²) in [5.74, 6) is 0.650. The van der Waals surface area contributed by atoms with E-state index in [1.807, 2.05) is 0 Å². The van der Waals surface area contributed by atoms with Crippen LogP contribution >= 0.6 is 0 Å². The van der Waals surface area contributed by atoms with Gasteiger partial charge in [-0.15, -0.1) is 0 Å². The molecule has 3 nitrogen and oxygen atoms in total. The van der Waals surface area contributed by atoms with Crippen LogP contribution in [0, 0.1) is 17.2 Å². The molecule has 1 fully saturated rings. The highest BCUT2D eigenvalue weighted by molar-refractivity contribution is 4.87. The highest BCUT2D eigenvalue weighted by Gasteiger charge is 2.26. The highest BCUT2D eigenvalue weighted by atomic mass is 15.2. The molecule has 2 N–H and O–H groups in total. The van der Waals surface area contributed by atoms with Gasteiger partial charge in [-0.2, -0.15) is 5.26 Å². The van der Waals surface area contributed by atoms with Gasteiger partial charge in [-0.25, -0.2) is 0 Å². The Hall–Kier alpha value is -0.590. The van der Waals surface area contributed by atoms with Crippen molar-refractivity contribution >= 4 is 0 Å². The van der Waals surface area contributed by atoms with E-state index in [4.69, 9.17) is 11.0 Å². The van der Waals surface area contributed by atoms with Crippen LogP contribution in [0.4, 0.5) is 0 Å². The van der Waals surface area contributed by atoms with Crippen molar-refractivity contribution in [2.45, 2.75) is 25.8 Å². The Kier molecular flexibility index (Phi) is 3.51. The monoisotopic (exact) mass is 167 g/mol. The van der Waals surface area contributed by atoms with Gasteiger partial charge in [0.05, 0.1) is 12.6 Å². The van der Waals surface area contributed by atoms with E-state index in [2.05, 4.69) is 17.9 Å². The second-order valence-corrected chi connectivity index (χ2v) is 3.55. The van der Waals surface area contributed by atoms with E-state index in [0.29, 0.717) is 25.0 Å². The molecule has 0 amide bonds. The SMILES string of the molecule is CC1CCCN(CC#N)C1CN. The van der Waals surface area contributed by atoms with Crippen molar-refractivity contribution in [3.63, 3.8) is 0 Å². The van der Waals surface area contributed by atoms with Crippen LogP contribution in [0.1, 0.15) is 19.8 Å². The Morgan fingerprint density at radius 3 is 3.00 bits per heavy atom. The summed E-state index contributed by atoms with van der Waals surface area (Å²) >= 11 is 0. The highest BCUT2D eigenvalue weighted by Crippen LogP contribution is 2.21. The largest absolute Gasteiger partial charge is 0.329 e. The van der Waals surface area contributed by atoms with E-state index in [1.54, 1.807) is 0 Å². The molecule has 68 valence electrons. The van der Waals surface area contributed by atoms with Crippen LogP contribution in [-0.2, 0) is 0 Å². The summed E-state index contributed by atoms with van der Waals surface area (Å²) in [6, 6.07) is 2.62. The average Bonchev–Trinajstić information content (AvgIpc) is 2.05. The lowest BCUT2D eigenvalue weighted by Crippen LogP contribution is -2.48. The number of hydrogen-bond acceptors (Lipinski definition) is 3. The molecule has 1 rings (SSSR count). The zero-order chi connectivity index (χ0) is 8.97. The third-order valence-electron chi connectivity index (χ3n) is 2.75. The topological polar surface area (TPSA) is 53.0 Å². The number of nitrogens with two attached hydrogens (primary N) is 1. The molecule has 2 unspecified atom stereocenters. The summed E-state index contributed by atoms with van der Waals surface area (Å²) in [5.41, 5.74) is 5.66. The summed E-state index contributed by atoms with van der Waals surface area (Å²) in [6.45, 7) is 4.48. The van der Waals surface area contributed by atoms with E-state index in [1.165, 1.54) is 12.8 Å². The Morgan fingerprint density at radius 2 is 2.42 bits per heavy atom. The summed E-state index contributed by atoms with van der Waals surface area (Å²) in [7, 11) is 0. The summed E-state index contributed by atoms with van der Waals surface area (Å²) in [4.78, 5) is 2.20. The molecule has 1 saturated heterocycles. The third-order valence-corrected chi connectivity index (χ3v) is 2.75. The van der Waals surface area contributed by atoms with Gasteiger partial charge < -0.3 is 5.73 Å². The smallest absolute Gasteiger partial charge is 0.0868 e. The van der Waals surface area contributed by atoms with Crippen molar-refractivity contribution in [2.75, 3.05) is 19.6 Å². The van der Waals surface area contributed by atoms with Crippen LogP contribution in [0.2, 0.25) is 0 Å². The van der Waals surface area contributed by atoms with E-state index in [-0.39, 0.29) is 0 Å². The Morgan fingerprint density at radius 1 is 1.67 bits per heavy atom. The van der Waals surface area contributed by atoms with Crippen molar-refractivity contribution in [3.8, 4) is 6.07 Å². The molecule has 0 saturated carbocycles. The minimum Gasteiger partial charge on any atom is -0.329 e. The lowest BCUT2D eigenvalue weighted by molar-refractivity contribution is 0.122. The quantitative estimate of drug-likeness (QED) is 0.612. The molecule has 1 heterocycles. The average molecular weight is 167 g/mol. The van der Waals surface area contributed by atoms with Gasteiger partial charge in [0.1, 0.15) is 0 Å². The second-order valence-electron chi connectivity index (χ2n) is 3.55. The van der Waals surface area contributed by atoms with Gasteiger partial charge in [0.2, 0.25) is 0 Å². The first-order valence-corrected chi connectivity index (χ1v) is 4.60. The molecule has 0 aromatic heterocycles. The molecular weight excluding hydrogens is 150 g/mol. The van der Waals surface area contributed by atoms with Gasteiger partial charge in [-0.1, -0.05) is 6.92 Å². The number of nitriles is 1. The number of piperidine rings is 1. The van der Waals surface area contributed by atoms with Gasteiger partial charge in [0.25, 0.3) is 0 Å². The van der Waals surface area contributed by atoms with Crippen LogP contribution in [-0.4, -0.2) is 30.6 Å². The van der Waals surface area contributed by atoms with Gasteiger partial charge in [-0.3, -0.25) is 4.90 Å². The lowest BCUT2D eigenvalue weighted by atomic mass is 9.91. The van der Waals surface area contributed by atoms with Crippen molar-refractivity contribution in [2.24, 2.45) is 11.7 Å². The summed E-state index contributed by atoms with van der Waals surface area (Å²) in [6.07, 6.45) is 2.46. The number of likely N-dealkylation sites (tertiary alicyclic amines) is 1. The molecular formula is C9H17N3. The minimum absolute atomic E-state index is 0.429.